The number of rotatable bonds is 9. The maximum absolute atomic E-state index is 13.1. The van der Waals surface area contributed by atoms with E-state index in [1.807, 2.05) is 49.4 Å². The molecule has 0 aliphatic heterocycles. The summed E-state index contributed by atoms with van der Waals surface area (Å²) in [7, 11) is 0. The number of carbonyl (C=O) groups is 1. The third-order valence-corrected chi connectivity index (χ3v) is 5.34. The van der Waals surface area contributed by atoms with Gasteiger partial charge in [0.25, 0.3) is 5.91 Å². The molecule has 0 atom stereocenters. The highest BCUT2D eigenvalue weighted by Gasteiger charge is 2.12. The Bertz CT molecular complexity index is 1220. The van der Waals surface area contributed by atoms with Crippen molar-refractivity contribution < 1.29 is 18.7 Å². The molecule has 0 aliphatic rings. The van der Waals surface area contributed by atoms with Gasteiger partial charge in [-0.1, -0.05) is 54.6 Å². The molecule has 0 saturated heterocycles. The summed E-state index contributed by atoms with van der Waals surface area (Å²) in [5.74, 6) is 0.883. The number of halogens is 1. The standard InChI is InChI=1S/C29H26FNO3/c1-2-33-28-17-12-24(29(32)31-19-21-8-13-26(30)14-9-21)18-25(28)20-34-27-15-10-23(11-16-27)22-6-4-3-5-7-22/h3-18H,2,19-20H2,1H3,(H,31,32). The number of hydrogen-bond acceptors (Lipinski definition) is 3. The molecule has 34 heavy (non-hydrogen) atoms. The fraction of sp³-hybridized carbons (Fsp3) is 0.138. The van der Waals surface area contributed by atoms with Crippen molar-refractivity contribution >= 4 is 5.91 Å². The number of ether oxygens (including phenoxy) is 2. The molecule has 4 nitrogen and oxygen atoms in total. The first-order valence-electron chi connectivity index (χ1n) is 11.2. The van der Waals surface area contributed by atoms with Gasteiger partial charge < -0.3 is 14.8 Å². The molecule has 0 aromatic heterocycles. The molecular weight excluding hydrogens is 429 g/mol. The van der Waals surface area contributed by atoms with Crippen molar-refractivity contribution in [3.8, 4) is 22.6 Å². The topological polar surface area (TPSA) is 47.6 Å². The van der Waals surface area contributed by atoms with Gasteiger partial charge in [0.05, 0.1) is 6.61 Å². The van der Waals surface area contributed by atoms with Crippen LogP contribution in [-0.2, 0) is 13.2 Å². The second-order valence-corrected chi connectivity index (χ2v) is 7.74. The number of nitrogens with one attached hydrogen (secondary N) is 1. The molecule has 0 fully saturated rings. The van der Waals surface area contributed by atoms with E-state index in [0.717, 1.165) is 28.0 Å². The van der Waals surface area contributed by atoms with E-state index in [2.05, 4.69) is 17.4 Å². The highest BCUT2D eigenvalue weighted by Crippen LogP contribution is 2.25. The Kier molecular flexibility index (Phi) is 7.56. The Morgan fingerprint density at radius 3 is 2.24 bits per heavy atom. The third kappa shape index (κ3) is 6.01. The maximum atomic E-state index is 13.1. The zero-order chi connectivity index (χ0) is 23.8. The monoisotopic (exact) mass is 455 g/mol. The van der Waals surface area contributed by atoms with E-state index in [9.17, 15) is 9.18 Å². The summed E-state index contributed by atoms with van der Waals surface area (Å²) < 4.78 is 24.8. The van der Waals surface area contributed by atoms with Gasteiger partial charge in [0.1, 0.15) is 23.9 Å². The third-order valence-electron chi connectivity index (χ3n) is 5.34. The van der Waals surface area contributed by atoms with Crippen molar-refractivity contribution in [1.82, 2.24) is 5.32 Å². The van der Waals surface area contributed by atoms with Crippen LogP contribution in [-0.4, -0.2) is 12.5 Å². The molecule has 0 bridgehead atoms. The SMILES string of the molecule is CCOc1ccc(C(=O)NCc2ccc(F)cc2)cc1COc1ccc(-c2ccccc2)cc1. The van der Waals surface area contributed by atoms with Crippen LogP contribution in [0, 0.1) is 5.82 Å². The number of amides is 1. The summed E-state index contributed by atoms with van der Waals surface area (Å²) in [5.41, 5.74) is 4.37. The van der Waals surface area contributed by atoms with Crippen LogP contribution in [0.2, 0.25) is 0 Å². The first kappa shape index (κ1) is 23.1. The summed E-state index contributed by atoms with van der Waals surface area (Å²) in [6.45, 7) is 3.00. The first-order chi connectivity index (χ1) is 16.6. The summed E-state index contributed by atoms with van der Waals surface area (Å²) in [6, 6.07) is 29.4. The summed E-state index contributed by atoms with van der Waals surface area (Å²) in [5, 5.41) is 2.87. The van der Waals surface area contributed by atoms with Crippen LogP contribution in [0.25, 0.3) is 11.1 Å². The number of carbonyl (C=O) groups excluding carboxylic acids is 1. The minimum atomic E-state index is -0.305. The Labute approximate surface area is 199 Å². The zero-order valence-electron chi connectivity index (χ0n) is 19.0. The van der Waals surface area contributed by atoms with Gasteiger partial charge in [-0.2, -0.15) is 0 Å². The van der Waals surface area contributed by atoms with Gasteiger partial charge in [-0.3, -0.25) is 4.79 Å². The van der Waals surface area contributed by atoms with Crippen molar-refractivity contribution in [1.29, 1.82) is 0 Å². The summed E-state index contributed by atoms with van der Waals surface area (Å²) >= 11 is 0. The van der Waals surface area contributed by atoms with Gasteiger partial charge in [-0.25, -0.2) is 4.39 Å². The Hall–Kier alpha value is -4.12. The molecule has 0 spiro atoms. The number of benzene rings is 4. The molecule has 5 heteroatoms. The van der Waals surface area contributed by atoms with Gasteiger partial charge in [0.15, 0.2) is 0 Å². The lowest BCUT2D eigenvalue weighted by molar-refractivity contribution is 0.0950. The molecule has 4 aromatic carbocycles. The van der Waals surface area contributed by atoms with Crippen molar-refractivity contribution in [2.45, 2.75) is 20.1 Å². The second kappa shape index (κ2) is 11.1. The Morgan fingerprint density at radius 1 is 0.824 bits per heavy atom. The van der Waals surface area contributed by atoms with E-state index in [1.54, 1.807) is 30.3 Å². The molecule has 0 radical (unpaired) electrons. The van der Waals surface area contributed by atoms with Crippen LogP contribution < -0.4 is 14.8 Å². The molecule has 0 aliphatic carbocycles. The summed E-state index contributed by atoms with van der Waals surface area (Å²) in [4.78, 5) is 12.7. The van der Waals surface area contributed by atoms with Crippen LogP contribution in [0.3, 0.4) is 0 Å². The minimum absolute atomic E-state index is 0.221. The van der Waals surface area contributed by atoms with Crippen molar-refractivity contribution in [2.24, 2.45) is 0 Å². The number of hydrogen-bond donors (Lipinski definition) is 1. The molecule has 0 saturated carbocycles. The fourth-order valence-electron chi connectivity index (χ4n) is 3.55. The van der Waals surface area contributed by atoms with Crippen molar-refractivity contribution in [3.05, 3.63) is 120 Å². The van der Waals surface area contributed by atoms with Gasteiger partial charge in [-0.05, 0) is 66.1 Å². The van der Waals surface area contributed by atoms with E-state index in [0.29, 0.717) is 24.5 Å². The highest BCUT2D eigenvalue weighted by molar-refractivity contribution is 5.94. The largest absolute Gasteiger partial charge is 0.493 e. The molecule has 0 unspecified atom stereocenters. The predicted octanol–water partition coefficient (Wildman–Crippen LogP) is 6.40. The zero-order valence-corrected chi connectivity index (χ0v) is 19.0. The van der Waals surface area contributed by atoms with Gasteiger partial charge >= 0.3 is 0 Å². The first-order valence-corrected chi connectivity index (χ1v) is 11.2. The van der Waals surface area contributed by atoms with E-state index in [1.165, 1.54) is 12.1 Å². The van der Waals surface area contributed by atoms with E-state index in [-0.39, 0.29) is 18.3 Å². The van der Waals surface area contributed by atoms with Crippen LogP contribution in [0.5, 0.6) is 11.5 Å². The Balaban J connectivity index is 1.43. The van der Waals surface area contributed by atoms with E-state index >= 15 is 0 Å². The summed E-state index contributed by atoms with van der Waals surface area (Å²) in [6.07, 6.45) is 0. The average Bonchev–Trinajstić information content (AvgIpc) is 2.88. The average molecular weight is 456 g/mol. The molecule has 4 aromatic rings. The predicted molar refractivity (Wildman–Crippen MR) is 131 cm³/mol. The molecule has 4 rings (SSSR count). The van der Waals surface area contributed by atoms with Gasteiger partial charge in [-0.15, -0.1) is 0 Å². The fourth-order valence-corrected chi connectivity index (χ4v) is 3.55. The van der Waals surface area contributed by atoms with Crippen molar-refractivity contribution in [2.75, 3.05) is 6.61 Å². The lowest BCUT2D eigenvalue weighted by Crippen LogP contribution is -2.23. The molecule has 0 heterocycles. The normalized spacial score (nSPS) is 10.5. The van der Waals surface area contributed by atoms with Gasteiger partial charge in [0.2, 0.25) is 0 Å². The van der Waals surface area contributed by atoms with Crippen molar-refractivity contribution in [3.63, 3.8) is 0 Å². The Morgan fingerprint density at radius 2 is 1.53 bits per heavy atom. The minimum Gasteiger partial charge on any atom is -0.493 e. The quantitative estimate of drug-likeness (QED) is 0.318. The van der Waals surface area contributed by atoms with Crippen LogP contribution >= 0.6 is 0 Å². The van der Waals surface area contributed by atoms with Crippen LogP contribution in [0.1, 0.15) is 28.4 Å². The van der Waals surface area contributed by atoms with Gasteiger partial charge in [0, 0.05) is 17.7 Å². The smallest absolute Gasteiger partial charge is 0.251 e. The highest BCUT2D eigenvalue weighted by atomic mass is 19.1. The maximum Gasteiger partial charge on any atom is 0.251 e. The van der Waals surface area contributed by atoms with Crippen LogP contribution in [0.4, 0.5) is 4.39 Å². The van der Waals surface area contributed by atoms with E-state index in [4.69, 9.17) is 9.47 Å². The lowest BCUT2D eigenvalue weighted by Gasteiger charge is -2.14. The lowest BCUT2D eigenvalue weighted by atomic mass is 10.1. The molecule has 1 amide bonds. The molecule has 172 valence electrons. The van der Waals surface area contributed by atoms with E-state index < -0.39 is 0 Å². The molecule has 1 N–H and O–H groups in total. The molecular formula is C29H26FNO3. The van der Waals surface area contributed by atoms with Crippen LogP contribution in [0.15, 0.2) is 97.1 Å². The second-order valence-electron chi connectivity index (χ2n) is 7.74.